The van der Waals surface area contributed by atoms with Crippen LogP contribution in [0.1, 0.15) is 34.6 Å². The number of hydrogen-bond acceptors (Lipinski definition) is 7. The average Bonchev–Trinajstić information content (AvgIpc) is 3.29. The van der Waals surface area contributed by atoms with Crippen LogP contribution in [0.4, 0.5) is 0 Å². The van der Waals surface area contributed by atoms with Crippen molar-refractivity contribution in [1.82, 2.24) is 5.32 Å². The molecule has 2 N–H and O–H groups in total. The lowest BCUT2D eigenvalue weighted by Gasteiger charge is -2.51. The van der Waals surface area contributed by atoms with Gasteiger partial charge in [-0.15, -0.1) is 0 Å². The molecule has 0 saturated carbocycles. The van der Waals surface area contributed by atoms with E-state index in [1.54, 1.807) is 6.08 Å². The number of nitrogens with one attached hydrogen (secondary N) is 1. The van der Waals surface area contributed by atoms with E-state index >= 15 is 0 Å². The minimum Gasteiger partial charge on any atom is -0.507 e. The monoisotopic (exact) mass is 417 g/mol. The summed E-state index contributed by atoms with van der Waals surface area (Å²) < 4.78 is 18.0. The van der Waals surface area contributed by atoms with Gasteiger partial charge >= 0.3 is 0 Å². The van der Waals surface area contributed by atoms with E-state index < -0.39 is 35.3 Å². The number of aliphatic hydroxyl groups is 1. The highest BCUT2D eigenvalue weighted by molar-refractivity contribution is 6.25. The number of ether oxygens (including phenoxy) is 3. The van der Waals surface area contributed by atoms with Crippen LogP contribution in [0.15, 0.2) is 35.1 Å². The second-order valence-corrected chi connectivity index (χ2v) is 8.90. The first-order valence-corrected chi connectivity index (χ1v) is 10.2. The van der Waals surface area contributed by atoms with E-state index in [-0.39, 0.29) is 41.6 Å². The fourth-order valence-electron chi connectivity index (χ4n) is 4.67. The summed E-state index contributed by atoms with van der Waals surface area (Å²) in [6, 6.07) is 0. The molecule has 4 aliphatic rings. The van der Waals surface area contributed by atoms with E-state index in [1.807, 2.05) is 40.7 Å². The van der Waals surface area contributed by atoms with Crippen molar-refractivity contribution in [2.75, 3.05) is 6.54 Å². The number of carbonyl (C=O) groups is 3. The molecule has 4 rings (SSSR count). The Labute approximate surface area is 174 Å². The summed E-state index contributed by atoms with van der Waals surface area (Å²) >= 11 is 0. The Bertz CT molecular complexity index is 900. The van der Waals surface area contributed by atoms with Gasteiger partial charge in [-0.2, -0.15) is 0 Å². The van der Waals surface area contributed by atoms with Crippen molar-refractivity contribution in [1.29, 1.82) is 0 Å². The Balaban J connectivity index is 1.51. The molecule has 4 heterocycles. The highest BCUT2D eigenvalue weighted by Crippen LogP contribution is 2.57. The standard InChI is InChI=1S/C22H27NO7/c1-10(6-7-13(24)15-14(25)9-23-20(15)27)8-11(2)17-12(3)18-16(26)19-21(4,30-19)22(5,28-17)29-18/h6-8,11-12,17-19,24H,9H2,1-5H3,(H,23,27)/b7-6+,10-8+,15-13-/t11-,12?,17?,18?,19+,21+,22?/m1/s1. The maximum absolute atomic E-state index is 12.7. The van der Waals surface area contributed by atoms with Gasteiger partial charge < -0.3 is 24.6 Å². The van der Waals surface area contributed by atoms with Gasteiger partial charge in [0.25, 0.3) is 5.91 Å². The number of allylic oxidation sites excluding steroid dienone is 3. The van der Waals surface area contributed by atoms with E-state index in [4.69, 9.17) is 14.2 Å². The number of Topliss-reactive ketones (excluding diaryl/α,β-unsaturated/α-hetero) is 2. The van der Waals surface area contributed by atoms with Gasteiger partial charge in [-0.1, -0.05) is 31.6 Å². The van der Waals surface area contributed by atoms with Crippen molar-refractivity contribution in [2.24, 2.45) is 11.8 Å². The second-order valence-electron chi connectivity index (χ2n) is 8.90. The van der Waals surface area contributed by atoms with Crippen molar-refractivity contribution in [3.8, 4) is 0 Å². The quantitative estimate of drug-likeness (QED) is 0.234. The fourth-order valence-corrected chi connectivity index (χ4v) is 4.67. The normalized spacial score (nSPS) is 43.5. The molecule has 4 fully saturated rings. The van der Waals surface area contributed by atoms with E-state index in [2.05, 4.69) is 5.32 Å². The van der Waals surface area contributed by atoms with Gasteiger partial charge in [0.05, 0.1) is 12.6 Å². The Morgan fingerprint density at radius 2 is 1.90 bits per heavy atom. The van der Waals surface area contributed by atoms with Crippen LogP contribution >= 0.6 is 0 Å². The molecule has 4 saturated heterocycles. The number of hydrogen-bond donors (Lipinski definition) is 2. The maximum Gasteiger partial charge on any atom is 0.259 e. The molecule has 0 aromatic carbocycles. The number of fused-ring (bicyclic) bond motifs is 4. The van der Waals surface area contributed by atoms with Crippen LogP contribution in [-0.2, 0) is 28.6 Å². The van der Waals surface area contributed by atoms with Crippen molar-refractivity contribution in [3.63, 3.8) is 0 Å². The van der Waals surface area contributed by atoms with E-state index in [1.165, 1.54) is 6.08 Å². The van der Waals surface area contributed by atoms with Crippen molar-refractivity contribution >= 4 is 17.5 Å². The predicted octanol–water partition coefficient (Wildman–Crippen LogP) is 1.51. The molecule has 0 aromatic heterocycles. The third-order valence-corrected chi connectivity index (χ3v) is 6.67. The number of rotatable bonds is 4. The molecule has 7 atom stereocenters. The van der Waals surface area contributed by atoms with Gasteiger partial charge in [0.15, 0.2) is 29.1 Å². The smallest absolute Gasteiger partial charge is 0.259 e. The molecule has 0 aliphatic carbocycles. The summed E-state index contributed by atoms with van der Waals surface area (Å²) in [6.07, 6.45) is 3.64. The average molecular weight is 417 g/mol. The SMILES string of the molecule is CC(/C=C/C(O)=C1\C(=O)CNC1=O)=C\[C@@H](C)C1OC2(C)OC(C(=O)[C@@H]3O[C@@]32C)C1C. The van der Waals surface area contributed by atoms with E-state index in [0.29, 0.717) is 0 Å². The van der Waals surface area contributed by atoms with Gasteiger partial charge in [-0.25, -0.2) is 0 Å². The number of amides is 1. The molecule has 4 aliphatic heterocycles. The number of epoxide rings is 1. The van der Waals surface area contributed by atoms with Crippen LogP contribution in [0.5, 0.6) is 0 Å². The lowest BCUT2D eigenvalue weighted by Crippen LogP contribution is -2.66. The summed E-state index contributed by atoms with van der Waals surface area (Å²) in [6.45, 7) is 9.34. The zero-order chi connectivity index (χ0) is 22.0. The second kappa shape index (κ2) is 6.87. The largest absolute Gasteiger partial charge is 0.507 e. The lowest BCUT2D eigenvalue weighted by molar-refractivity contribution is -0.350. The maximum atomic E-state index is 12.7. The number of ketones is 2. The van der Waals surface area contributed by atoms with Crippen LogP contribution in [0.3, 0.4) is 0 Å². The molecule has 8 nitrogen and oxygen atoms in total. The minimum atomic E-state index is -0.988. The van der Waals surface area contributed by atoms with E-state index in [0.717, 1.165) is 5.57 Å². The van der Waals surface area contributed by atoms with E-state index in [9.17, 15) is 19.5 Å². The molecular weight excluding hydrogens is 390 g/mol. The Morgan fingerprint density at radius 1 is 1.20 bits per heavy atom. The first-order chi connectivity index (χ1) is 14.0. The molecule has 4 unspecified atom stereocenters. The first-order valence-electron chi connectivity index (χ1n) is 10.2. The lowest BCUT2D eigenvalue weighted by atomic mass is 9.78. The van der Waals surface area contributed by atoms with Crippen LogP contribution in [-0.4, -0.2) is 58.8 Å². The summed E-state index contributed by atoms with van der Waals surface area (Å²) in [4.78, 5) is 36.0. The number of carbonyl (C=O) groups excluding carboxylic acids is 3. The highest BCUT2D eigenvalue weighted by Gasteiger charge is 2.76. The minimum absolute atomic E-state index is 0.0281. The van der Waals surface area contributed by atoms with Crippen LogP contribution < -0.4 is 5.32 Å². The van der Waals surface area contributed by atoms with Gasteiger partial charge in [-0.3, -0.25) is 14.4 Å². The molecule has 0 aromatic rings. The van der Waals surface area contributed by atoms with Crippen molar-refractivity contribution in [2.45, 2.75) is 64.3 Å². The van der Waals surface area contributed by atoms with Crippen molar-refractivity contribution < 1.29 is 33.7 Å². The molecule has 1 amide bonds. The van der Waals surface area contributed by atoms with Crippen LogP contribution in [0.2, 0.25) is 0 Å². The Kier molecular flexibility index (Phi) is 4.80. The molecule has 30 heavy (non-hydrogen) atoms. The molecule has 8 heteroatoms. The third kappa shape index (κ3) is 3.05. The van der Waals surface area contributed by atoms with Crippen LogP contribution in [0.25, 0.3) is 0 Å². The Hall–Kier alpha value is -2.29. The van der Waals surface area contributed by atoms with Gasteiger partial charge in [0.2, 0.25) is 0 Å². The first kappa shape index (κ1) is 21.0. The topological polar surface area (TPSA) is 114 Å². The molecular formula is C22H27NO7. The Morgan fingerprint density at radius 3 is 2.53 bits per heavy atom. The van der Waals surface area contributed by atoms with Crippen molar-refractivity contribution in [3.05, 3.63) is 35.1 Å². The molecule has 2 bridgehead atoms. The highest BCUT2D eigenvalue weighted by atomic mass is 16.8. The summed E-state index contributed by atoms with van der Waals surface area (Å²) in [5, 5.41) is 12.5. The van der Waals surface area contributed by atoms with Gasteiger partial charge in [0.1, 0.15) is 17.4 Å². The van der Waals surface area contributed by atoms with Crippen LogP contribution in [0, 0.1) is 11.8 Å². The summed E-state index contributed by atoms with van der Waals surface area (Å²) in [5.41, 5.74) is -0.167. The molecule has 0 spiro atoms. The van der Waals surface area contributed by atoms with Gasteiger partial charge in [0, 0.05) is 11.8 Å². The third-order valence-electron chi connectivity index (χ3n) is 6.67. The fraction of sp³-hybridized carbons (Fsp3) is 0.591. The zero-order valence-corrected chi connectivity index (χ0v) is 17.7. The molecule has 162 valence electrons. The number of aliphatic hydroxyl groups excluding tert-OH is 1. The van der Waals surface area contributed by atoms with Gasteiger partial charge in [-0.05, 0) is 26.8 Å². The predicted molar refractivity (Wildman–Crippen MR) is 105 cm³/mol. The molecule has 0 radical (unpaired) electrons. The summed E-state index contributed by atoms with van der Waals surface area (Å²) in [5.74, 6) is -2.59. The zero-order valence-electron chi connectivity index (χ0n) is 17.7. The summed E-state index contributed by atoms with van der Waals surface area (Å²) in [7, 11) is 0.